The summed E-state index contributed by atoms with van der Waals surface area (Å²) in [6.45, 7) is 6.40. The van der Waals surface area contributed by atoms with E-state index in [1.807, 2.05) is 12.1 Å². The standard InChI is InChI=1S/C27H35FN2/c1-3-26(30(4-2)20-22-10-6-5-7-11-22)18-19-27(21-29,23-12-8-9-13-23)24-14-16-25(28)17-15-24/h5-7,10-11,14-17,23,26H,3-4,8-9,12-13,18-20H2,1-2H3. The Labute approximate surface area is 181 Å². The van der Waals surface area contributed by atoms with E-state index in [0.717, 1.165) is 50.8 Å². The molecule has 0 spiro atoms. The van der Waals surface area contributed by atoms with E-state index in [0.29, 0.717) is 12.0 Å². The van der Waals surface area contributed by atoms with Crippen molar-refractivity contribution >= 4 is 0 Å². The van der Waals surface area contributed by atoms with E-state index >= 15 is 0 Å². The SMILES string of the molecule is CCC(CCC(C#N)(c1ccc(F)cc1)C1CCCC1)N(CC)Cc1ccccc1. The van der Waals surface area contributed by atoms with Crippen LogP contribution in [-0.4, -0.2) is 17.5 Å². The minimum atomic E-state index is -0.510. The summed E-state index contributed by atoms with van der Waals surface area (Å²) >= 11 is 0. The lowest BCUT2D eigenvalue weighted by Crippen LogP contribution is -2.38. The highest BCUT2D eigenvalue weighted by Gasteiger charge is 2.42. The van der Waals surface area contributed by atoms with E-state index < -0.39 is 5.41 Å². The zero-order chi connectivity index (χ0) is 21.4. The van der Waals surface area contributed by atoms with Gasteiger partial charge in [0.1, 0.15) is 5.82 Å². The van der Waals surface area contributed by atoms with Crippen molar-refractivity contribution in [3.05, 3.63) is 71.5 Å². The molecule has 0 radical (unpaired) electrons. The first-order valence-electron chi connectivity index (χ1n) is 11.6. The van der Waals surface area contributed by atoms with Crippen molar-refractivity contribution in [2.75, 3.05) is 6.54 Å². The number of nitrogens with zero attached hydrogens (tertiary/aromatic N) is 2. The van der Waals surface area contributed by atoms with Crippen molar-refractivity contribution in [1.82, 2.24) is 4.90 Å². The average molecular weight is 407 g/mol. The Hall–Kier alpha value is -2.18. The summed E-state index contributed by atoms with van der Waals surface area (Å²) in [5.74, 6) is 0.137. The highest BCUT2D eigenvalue weighted by atomic mass is 19.1. The molecule has 2 aromatic rings. The summed E-state index contributed by atoms with van der Waals surface area (Å²) in [7, 11) is 0. The summed E-state index contributed by atoms with van der Waals surface area (Å²) in [4.78, 5) is 2.54. The number of hydrogen-bond donors (Lipinski definition) is 0. The molecule has 3 rings (SSSR count). The van der Waals surface area contributed by atoms with Crippen molar-refractivity contribution in [2.24, 2.45) is 5.92 Å². The lowest BCUT2D eigenvalue weighted by Gasteiger charge is -2.37. The molecule has 2 unspecified atom stereocenters. The Morgan fingerprint density at radius 3 is 2.30 bits per heavy atom. The van der Waals surface area contributed by atoms with Gasteiger partial charge in [-0.25, -0.2) is 4.39 Å². The molecule has 30 heavy (non-hydrogen) atoms. The molecule has 1 aliphatic carbocycles. The van der Waals surface area contributed by atoms with Gasteiger partial charge in [0, 0.05) is 12.6 Å². The third-order valence-electron chi connectivity index (χ3n) is 7.11. The fraction of sp³-hybridized carbons (Fsp3) is 0.519. The fourth-order valence-corrected chi connectivity index (χ4v) is 5.32. The average Bonchev–Trinajstić information content (AvgIpc) is 3.33. The fourth-order valence-electron chi connectivity index (χ4n) is 5.32. The second-order valence-electron chi connectivity index (χ2n) is 8.72. The summed E-state index contributed by atoms with van der Waals surface area (Å²) in [6, 6.07) is 20.5. The van der Waals surface area contributed by atoms with Crippen LogP contribution in [0.25, 0.3) is 0 Å². The third kappa shape index (κ3) is 5.10. The van der Waals surface area contributed by atoms with E-state index in [2.05, 4.69) is 55.1 Å². The van der Waals surface area contributed by atoms with Crippen molar-refractivity contribution < 1.29 is 4.39 Å². The van der Waals surface area contributed by atoms with Crippen LogP contribution in [0.1, 0.15) is 69.9 Å². The molecule has 2 nitrogen and oxygen atoms in total. The number of hydrogen-bond acceptors (Lipinski definition) is 2. The van der Waals surface area contributed by atoms with Crippen LogP contribution in [0.5, 0.6) is 0 Å². The van der Waals surface area contributed by atoms with Crippen molar-refractivity contribution in [3.63, 3.8) is 0 Å². The van der Waals surface area contributed by atoms with Gasteiger partial charge in [-0.2, -0.15) is 5.26 Å². The van der Waals surface area contributed by atoms with Crippen molar-refractivity contribution in [2.45, 2.75) is 76.8 Å². The molecule has 0 amide bonds. The first kappa shape index (κ1) is 22.5. The summed E-state index contributed by atoms with van der Waals surface area (Å²) in [5, 5.41) is 10.4. The topological polar surface area (TPSA) is 27.0 Å². The molecule has 1 saturated carbocycles. The van der Waals surface area contributed by atoms with Gasteiger partial charge >= 0.3 is 0 Å². The van der Waals surface area contributed by atoms with Crippen LogP contribution in [0.15, 0.2) is 54.6 Å². The maximum Gasteiger partial charge on any atom is 0.123 e. The van der Waals surface area contributed by atoms with Gasteiger partial charge in [0.2, 0.25) is 0 Å². The number of nitriles is 1. The molecule has 0 bridgehead atoms. The molecular formula is C27H35FN2. The van der Waals surface area contributed by atoms with Gasteiger partial charge in [0.05, 0.1) is 11.5 Å². The number of halogens is 1. The molecule has 3 heteroatoms. The van der Waals surface area contributed by atoms with Crippen LogP contribution in [-0.2, 0) is 12.0 Å². The van der Waals surface area contributed by atoms with Gasteiger partial charge in [-0.3, -0.25) is 4.90 Å². The molecule has 0 saturated heterocycles. The van der Waals surface area contributed by atoms with Crippen molar-refractivity contribution in [1.29, 1.82) is 5.26 Å². The van der Waals surface area contributed by atoms with Crippen molar-refractivity contribution in [3.8, 4) is 6.07 Å². The lowest BCUT2D eigenvalue weighted by atomic mass is 9.67. The Kier molecular flexibility index (Phi) is 8.05. The van der Waals surface area contributed by atoms with Crippen LogP contribution in [0.3, 0.4) is 0 Å². The van der Waals surface area contributed by atoms with Crippen LogP contribution >= 0.6 is 0 Å². The third-order valence-corrected chi connectivity index (χ3v) is 7.11. The van der Waals surface area contributed by atoms with Gasteiger partial charge in [0.25, 0.3) is 0 Å². The normalized spacial score (nSPS) is 17.6. The molecule has 1 fully saturated rings. The van der Waals surface area contributed by atoms with E-state index in [4.69, 9.17) is 0 Å². The summed E-state index contributed by atoms with van der Waals surface area (Å²) < 4.78 is 13.6. The highest BCUT2D eigenvalue weighted by molar-refractivity contribution is 5.34. The van der Waals surface area contributed by atoms with Crippen LogP contribution in [0, 0.1) is 23.1 Å². The first-order chi connectivity index (χ1) is 14.6. The number of rotatable bonds is 10. The molecule has 1 aliphatic rings. The summed E-state index contributed by atoms with van der Waals surface area (Å²) in [5.41, 5.74) is 1.82. The summed E-state index contributed by atoms with van der Waals surface area (Å²) in [6.07, 6.45) is 7.48. The molecular weight excluding hydrogens is 371 g/mol. The van der Waals surface area contributed by atoms with Gasteiger partial charge < -0.3 is 0 Å². The number of benzene rings is 2. The Balaban J connectivity index is 1.80. The van der Waals surface area contributed by atoms with E-state index in [1.54, 1.807) is 0 Å². The van der Waals surface area contributed by atoms with E-state index in [9.17, 15) is 9.65 Å². The molecule has 0 aliphatic heterocycles. The van der Waals surface area contributed by atoms with Gasteiger partial charge in [0.15, 0.2) is 0 Å². The van der Waals surface area contributed by atoms with Crippen LogP contribution in [0.2, 0.25) is 0 Å². The van der Waals surface area contributed by atoms with E-state index in [-0.39, 0.29) is 5.82 Å². The molecule has 0 heterocycles. The zero-order valence-corrected chi connectivity index (χ0v) is 18.5. The molecule has 0 N–H and O–H groups in total. The van der Waals surface area contributed by atoms with Gasteiger partial charge in [-0.15, -0.1) is 0 Å². The predicted molar refractivity (Wildman–Crippen MR) is 121 cm³/mol. The monoisotopic (exact) mass is 406 g/mol. The van der Waals surface area contributed by atoms with E-state index in [1.165, 1.54) is 30.5 Å². The maximum atomic E-state index is 13.6. The lowest BCUT2D eigenvalue weighted by molar-refractivity contribution is 0.166. The van der Waals surface area contributed by atoms with Gasteiger partial charge in [-0.1, -0.05) is 69.2 Å². The van der Waals surface area contributed by atoms with Gasteiger partial charge in [-0.05, 0) is 67.8 Å². The first-order valence-corrected chi connectivity index (χ1v) is 11.6. The van der Waals surface area contributed by atoms with Crippen LogP contribution < -0.4 is 0 Å². The second kappa shape index (κ2) is 10.7. The Morgan fingerprint density at radius 2 is 1.73 bits per heavy atom. The molecule has 0 aromatic heterocycles. The second-order valence-corrected chi connectivity index (χ2v) is 8.72. The Morgan fingerprint density at radius 1 is 1.07 bits per heavy atom. The van der Waals surface area contributed by atoms with Crippen LogP contribution in [0.4, 0.5) is 4.39 Å². The molecule has 2 aromatic carbocycles. The maximum absolute atomic E-state index is 13.6. The largest absolute Gasteiger partial charge is 0.296 e. The quantitative estimate of drug-likeness (QED) is 0.431. The zero-order valence-electron chi connectivity index (χ0n) is 18.5. The smallest absolute Gasteiger partial charge is 0.123 e. The highest BCUT2D eigenvalue weighted by Crippen LogP contribution is 2.45. The minimum Gasteiger partial charge on any atom is -0.296 e. The molecule has 160 valence electrons. The molecule has 2 atom stereocenters. The minimum absolute atomic E-state index is 0.233. The predicted octanol–water partition coefficient (Wildman–Crippen LogP) is 6.86. The Bertz CT molecular complexity index is 805.